The van der Waals surface area contributed by atoms with Gasteiger partial charge in [0.15, 0.2) is 0 Å². The predicted octanol–water partition coefficient (Wildman–Crippen LogP) is 1.41. The molecule has 1 saturated heterocycles. The van der Waals surface area contributed by atoms with Crippen LogP contribution in [0.1, 0.15) is 12.8 Å². The van der Waals surface area contributed by atoms with Crippen LogP contribution in [-0.2, 0) is 4.74 Å². The normalized spacial score (nSPS) is 22.7. The molecule has 94 valence electrons. The van der Waals surface area contributed by atoms with Crippen LogP contribution in [-0.4, -0.2) is 39.8 Å². The van der Waals surface area contributed by atoms with Gasteiger partial charge in [-0.3, -0.25) is 0 Å². The Hall–Kier alpha value is -0.393. The van der Waals surface area contributed by atoms with Crippen LogP contribution in [0.25, 0.3) is 0 Å². The second kappa shape index (κ2) is 6.37. The molecule has 1 atom stereocenters. The van der Waals surface area contributed by atoms with Crippen LogP contribution in [0.2, 0.25) is 25.7 Å². The average molecular weight is 243 g/mol. The van der Waals surface area contributed by atoms with Gasteiger partial charge in [0.1, 0.15) is 12.6 Å². The summed E-state index contributed by atoms with van der Waals surface area (Å²) in [5.74, 6) is 0.700. The molecule has 16 heavy (non-hydrogen) atoms. The van der Waals surface area contributed by atoms with Crippen LogP contribution in [0.15, 0.2) is 4.99 Å². The zero-order valence-corrected chi connectivity index (χ0v) is 11.8. The molecule has 0 aliphatic carbocycles. The smallest absolute Gasteiger partial charge is 0.139 e. The fraction of sp³-hybridized carbons (Fsp3) is 0.909. The van der Waals surface area contributed by atoms with Gasteiger partial charge in [-0.15, -0.1) is 0 Å². The van der Waals surface area contributed by atoms with Gasteiger partial charge in [-0.2, -0.15) is 0 Å². The van der Waals surface area contributed by atoms with E-state index in [4.69, 9.17) is 10.5 Å². The van der Waals surface area contributed by atoms with Gasteiger partial charge in [0.25, 0.3) is 0 Å². The van der Waals surface area contributed by atoms with Crippen LogP contribution in [0.3, 0.4) is 0 Å². The molecule has 0 aromatic carbocycles. The fourth-order valence-corrected chi connectivity index (χ4v) is 2.37. The van der Waals surface area contributed by atoms with E-state index in [-0.39, 0.29) is 6.04 Å². The molecule has 3 N–H and O–H groups in total. The van der Waals surface area contributed by atoms with E-state index < -0.39 is 8.07 Å². The zero-order valence-electron chi connectivity index (χ0n) is 10.8. The van der Waals surface area contributed by atoms with E-state index in [2.05, 4.69) is 30.0 Å². The molecule has 0 aromatic rings. The summed E-state index contributed by atoms with van der Waals surface area (Å²) in [6, 6.07) is 1.46. The number of hydrogen-bond acceptors (Lipinski definition) is 3. The van der Waals surface area contributed by atoms with Crippen molar-refractivity contribution in [2.75, 3.05) is 19.9 Å². The molecule has 0 aromatic heterocycles. The van der Waals surface area contributed by atoms with Crippen molar-refractivity contribution in [2.24, 2.45) is 10.7 Å². The van der Waals surface area contributed by atoms with E-state index in [0.717, 1.165) is 19.6 Å². The summed E-state index contributed by atoms with van der Waals surface area (Å²) in [6.07, 6.45) is 2.29. The van der Waals surface area contributed by atoms with Crippen molar-refractivity contribution in [2.45, 2.75) is 44.6 Å². The number of nitrogens with one attached hydrogen (secondary N) is 1. The van der Waals surface area contributed by atoms with E-state index in [9.17, 15) is 0 Å². The van der Waals surface area contributed by atoms with Crippen molar-refractivity contribution in [3.8, 4) is 0 Å². The average Bonchev–Trinajstić information content (AvgIpc) is 2.67. The highest BCUT2D eigenvalue weighted by atomic mass is 28.3. The highest BCUT2D eigenvalue weighted by molar-refractivity contribution is 6.76. The molecule has 1 heterocycles. The Morgan fingerprint density at radius 3 is 2.81 bits per heavy atom. The van der Waals surface area contributed by atoms with Crippen molar-refractivity contribution < 1.29 is 4.74 Å². The minimum atomic E-state index is -0.977. The maximum absolute atomic E-state index is 5.86. The first-order valence-corrected chi connectivity index (χ1v) is 9.81. The number of rotatable bonds is 6. The monoisotopic (exact) mass is 243 g/mol. The third kappa shape index (κ3) is 5.63. The largest absolute Gasteiger partial charge is 0.386 e. The van der Waals surface area contributed by atoms with Crippen molar-refractivity contribution in [1.82, 2.24) is 5.32 Å². The van der Waals surface area contributed by atoms with E-state index in [0.29, 0.717) is 12.6 Å². The molecule has 0 spiro atoms. The van der Waals surface area contributed by atoms with Gasteiger partial charge in [-0.25, -0.2) is 4.99 Å². The molecule has 1 aliphatic heterocycles. The lowest BCUT2D eigenvalue weighted by Crippen LogP contribution is -2.36. The van der Waals surface area contributed by atoms with E-state index in [1.54, 1.807) is 0 Å². The Morgan fingerprint density at radius 1 is 1.50 bits per heavy atom. The van der Waals surface area contributed by atoms with Gasteiger partial charge in [0.2, 0.25) is 0 Å². The second-order valence-corrected chi connectivity index (χ2v) is 11.2. The number of ether oxygens (including phenoxy) is 1. The SMILES string of the molecule is C[Si](C)(C)CCOCN=C(N)[C@@H]1CCCN1. The van der Waals surface area contributed by atoms with Crippen LogP contribution >= 0.6 is 0 Å². The molecular weight excluding hydrogens is 218 g/mol. The number of aliphatic imine (C=N–C) groups is 1. The maximum Gasteiger partial charge on any atom is 0.139 e. The molecule has 1 fully saturated rings. The topological polar surface area (TPSA) is 59.6 Å². The van der Waals surface area contributed by atoms with E-state index in [1.807, 2.05) is 0 Å². The molecule has 0 saturated carbocycles. The summed E-state index contributed by atoms with van der Waals surface area (Å²) in [6.45, 7) is 9.31. The molecule has 4 nitrogen and oxygen atoms in total. The lowest BCUT2D eigenvalue weighted by molar-refractivity contribution is 0.155. The van der Waals surface area contributed by atoms with E-state index in [1.165, 1.54) is 12.5 Å². The molecule has 1 rings (SSSR count). The van der Waals surface area contributed by atoms with Gasteiger partial charge in [-0.1, -0.05) is 19.6 Å². The Bertz CT molecular complexity index is 232. The van der Waals surface area contributed by atoms with Gasteiger partial charge in [0.05, 0.1) is 6.04 Å². The summed E-state index contributed by atoms with van der Waals surface area (Å²) in [5, 5.41) is 3.32. The first kappa shape index (κ1) is 13.7. The summed E-state index contributed by atoms with van der Waals surface area (Å²) in [5.41, 5.74) is 5.86. The molecule has 0 bridgehead atoms. The first-order chi connectivity index (χ1) is 7.49. The molecule has 1 aliphatic rings. The van der Waals surface area contributed by atoms with Crippen molar-refractivity contribution in [3.63, 3.8) is 0 Å². The van der Waals surface area contributed by atoms with Crippen molar-refractivity contribution >= 4 is 13.9 Å². The number of nitrogens with zero attached hydrogens (tertiary/aromatic N) is 1. The second-order valence-electron chi connectivity index (χ2n) is 5.58. The van der Waals surface area contributed by atoms with Gasteiger partial charge in [-0.05, 0) is 25.4 Å². The summed E-state index contributed by atoms with van der Waals surface area (Å²) >= 11 is 0. The maximum atomic E-state index is 5.86. The Balaban J connectivity index is 2.11. The molecule has 5 heteroatoms. The number of amidine groups is 1. The van der Waals surface area contributed by atoms with Gasteiger partial charge in [0, 0.05) is 14.7 Å². The molecule has 0 unspecified atom stereocenters. The Labute approximate surface area is 99.7 Å². The molecular formula is C11H25N3OSi. The van der Waals surface area contributed by atoms with Crippen LogP contribution in [0.4, 0.5) is 0 Å². The van der Waals surface area contributed by atoms with Crippen LogP contribution in [0, 0.1) is 0 Å². The summed E-state index contributed by atoms with van der Waals surface area (Å²) < 4.78 is 5.48. The van der Waals surface area contributed by atoms with E-state index >= 15 is 0 Å². The Morgan fingerprint density at radius 2 is 2.25 bits per heavy atom. The standard InChI is InChI=1S/C11H25N3OSi/c1-16(2,3)8-7-15-9-14-11(12)10-5-4-6-13-10/h10,13H,4-9H2,1-3H3,(H2,12,14)/t10-/m0/s1. The highest BCUT2D eigenvalue weighted by Gasteiger charge is 2.17. The molecule has 0 radical (unpaired) electrons. The Kier molecular flexibility index (Phi) is 5.44. The minimum absolute atomic E-state index is 0.278. The molecule has 0 amide bonds. The van der Waals surface area contributed by atoms with Crippen molar-refractivity contribution in [1.29, 1.82) is 0 Å². The number of hydrogen-bond donors (Lipinski definition) is 2. The van der Waals surface area contributed by atoms with Gasteiger partial charge < -0.3 is 15.8 Å². The number of nitrogens with two attached hydrogens (primary N) is 1. The summed E-state index contributed by atoms with van der Waals surface area (Å²) in [7, 11) is -0.977. The quantitative estimate of drug-likeness (QED) is 0.321. The fourth-order valence-electron chi connectivity index (χ4n) is 1.61. The lowest BCUT2D eigenvalue weighted by Gasteiger charge is -2.15. The first-order valence-electron chi connectivity index (χ1n) is 6.10. The third-order valence-electron chi connectivity index (χ3n) is 2.75. The third-order valence-corrected chi connectivity index (χ3v) is 4.46. The lowest BCUT2D eigenvalue weighted by atomic mass is 10.2. The van der Waals surface area contributed by atoms with Gasteiger partial charge >= 0.3 is 0 Å². The predicted molar refractivity (Wildman–Crippen MR) is 71.6 cm³/mol. The van der Waals surface area contributed by atoms with Crippen molar-refractivity contribution in [3.05, 3.63) is 0 Å². The van der Waals surface area contributed by atoms with Crippen LogP contribution in [0.5, 0.6) is 0 Å². The van der Waals surface area contributed by atoms with Crippen LogP contribution < -0.4 is 11.1 Å². The zero-order chi connectivity index (χ0) is 12.0. The highest BCUT2D eigenvalue weighted by Crippen LogP contribution is 2.07. The minimum Gasteiger partial charge on any atom is -0.386 e. The summed E-state index contributed by atoms with van der Waals surface area (Å²) in [4.78, 5) is 4.25.